The molecular formula is C15H31N3. The van der Waals surface area contributed by atoms with E-state index in [9.17, 15) is 0 Å². The summed E-state index contributed by atoms with van der Waals surface area (Å²) in [5.41, 5.74) is 0. The van der Waals surface area contributed by atoms with Crippen LogP contribution in [0, 0.1) is 0 Å². The monoisotopic (exact) mass is 253 g/mol. The van der Waals surface area contributed by atoms with Gasteiger partial charge in [-0.3, -0.25) is 4.90 Å². The van der Waals surface area contributed by atoms with Gasteiger partial charge in [-0.05, 0) is 52.5 Å². The van der Waals surface area contributed by atoms with Crippen LogP contribution in [0.5, 0.6) is 0 Å². The molecule has 18 heavy (non-hydrogen) atoms. The Hall–Kier alpha value is -0.120. The molecule has 2 atom stereocenters. The van der Waals surface area contributed by atoms with Gasteiger partial charge in [0.05, 0.1) is 0 Å². The second-order valence-electron chi connectivity index (χ2n) is 6.04. The number of likely N-dealkylation sites (tertiary alicyclic amines) is 1. The molecule has 2 unspecified atom stereocenters. The van der Waals surface area contributed by atoms with E-state index >= 15 is 0 Å². The van der Waals surface area contributed by atoms with Crippen LogP contribution in [-0.4, -0.2) is 73.1 Å². The van der Waals surface area contributed by atoms with Crippen molar-refractivity contribution in [1.82, 2.24) is 14.7 Å². The molecule has 0 radical (unpaired) electrons. The summed E-state index contributed by atoms with van der Waals surface area (Å²) in [5.74, 6) is 0. The summed E-state index contributed by atoms with van der Waals surface area (Å²) >= 11 is 0. The molecule has 2 saturated heterocycles. The second-order valence-corrected chi connectivity index (χ2v) is 6.04. The maximum Gasteiger partial charge on any atom is 0.0223 e. The van der Waals surface area contributed by atoms with Gasteiger partial charge in [-0.15, -0.1) is 0 Å². The molecule has 3 nitrogen and oxygen atoms in total. The van der Waals surface area contributed by atoms with Crippen molar-refractivity contribution in [2.45, 2.75) is 51.6 Å². The molecule has 0 aromatic rings. The molecule has 0 aromatic heterocycles. The summed E-state index contributed by atoms with van der Waals surface area (Å²) in [6.45, 7) is 12.1. The SMILES string of the molecule is CCN(CC)CCCN1CC2CCCC(C1)N2C. The van der Waals surface area contributed by atoms with E-state index in [1.54, 1.807) is 0 Å². The predicted molar refractivity (Wildman–Crippen MR) is 78.0 cm³/mol. The Bertz CT molecular complexity index is 226. The molecule has 0 aromatic carbocycles. The quantitative estimate of drug-likeness (QED) is 0.716. The number of piperazine rings is 1. The molecule has 3 heteroatoms. The summed E-state index contributed by atoms with van der Waals surface area (Å²) in [6, 6.07) is 1.68. The number of rotatable bonds is 6. The molecule has 0 saturated carbocycles. The van der Waals surface area contributed by atoms with E-state index < -0.39 is 0 Å². The Morgan fingerprint density at radius 3 is 2.22 bits per heavy atom. The molecule has 2 rings (SSSR count). The van der Waals surface area contributed by atoms with E-state index in [1.807, 2.05) is 0 Å². The Morgan fingerprint density at radius 2 is 1.67 bits per heavy atom. The first-order valence-corrected chi connectivity index (χ1v) is 7.91. The fourth-order valence-corrected chi connectivity index (χ4v) is 3.65. The first kappa shape index (κ1) is 14.3. The van der Waals surface area contributed by atoms with Crippen LogP contribution in [0.1, 0.15) is 39.5 Å². The lowest BCUT2D eigenvalue weighted by molar-refractivity contribution is 0.00879. The first-order valence-electron chi connectivity index (χ1n) is 7.91. The smallest absolute Gasteiger partial charge is 0.0223 e. The van der Waals surface area contributed by atoms with E-state index in [1.165, 1.54) is 65.0 Å². The Labute approximate surface area is 113 Å². The van der Waals surface area contributed by atoms with E-state index in [4.69, 9.17) is 0 Å². The normalized spacial score (nSPS) is 30.0. The molecule has 2 aliphatic heterocycles. The minimum Gasteiger partial charge on any atom is -0.304 e. The third-order valence-electron chi connectivity index (χ3n) is 5.01. The highest BCUT2D eigenvalue weighted by atomic mass is 15.3. The second kappa shape index (κ2) is 6.88. The molecule has 0 aliphatic carbocycles. The zero-order valence-electron chi connectivity index (χ0n) is 12.6. The molecule has 0 spiro atoms. The molecular weight excluding hydrogens is 222 g/mol. The van der Waals surface area contributed by atoms with Crippen LogP contribution in [0.4, 0.5) is 0 Å². The highest BCUT2D eigenvalue weighted by Crippen LogP contribution is 2.26. The van der Waals surface area contributed by atoms with Crippen molar-refractivity contribution in [2.24, 2.45) is 0 Å². The van der Waals surface area contributed by atoms with E-state index in [-0.39, 0.29) is 0 Å². The van der Waals surface area contributed by atoms with E-state index in [0.29, 0.717) is 0 Å². The van der Waals surface area contributed by atoms with Gasteiger partial charge < -0.3 is 9.80 Å². The molecule has 2 fully saturated rings. The van der Waals surface area contributed by atoms with Crippen molar-refractivity contribution >= 4 is 0 Å². The molecule has 2 heterocycles. The van der Waals surface area contributed by atoms with Gasteiger partial charge in [0.15, 0.2) is 0 Å². The number of hydrogen-bond donors (Lipinski definition) is 0. The van der Waals surface area contributed by atoms with Crippen molar-refractivity contribution in [1.29, 1.82) is 0 Å². The Morgan fingerprint density at radius 1 is 1.06 bits per heavy atom. The number of piperidine rings is 1. The fraction of sp³-hybridized carbons (Fsp3) is 1.00. The molecule has 2 bridgehead atoms. The minimum absolute atomic E-state index is 0.839. The zero-order chi connectivity index (χ0) is 13.0. The summed E-state index contributed by atoms with van der Waals surface area (Å²) < 4.78 is 0. The van der Waals surface area contributed by atoms with Gasteiger partial charge in [0.1, 0.15) is 0 Å². The largest absolute Gasteiger partial charge is 0.304 e. The lowest BCUT2D eigenvalue weighted by atomic mass is 9.92. The third kappa shape index (κ3) is 3.46. The van der Waals surface area contributed by atoms with Crippen molar-refractivity contribution in [2.75, 3.05) is 46.3 Å². The van der Waals surface area contributed by atoms with Crippen LogP contribution in [0.2, 0.25) is 0 Å². The summed E-state index contributed by atoms with van der Waals surface area (Å²) in [4.78, 5) is 7.90. The van der Waals surface area contributed by atoms with Crippen LogP contribution >= 0.6 is 0 Å². The van der Waals surface area contributed by atoms with E-state index in [2.05, 4.69) is 35.6 Å². The number of fused-ring (bicyclic) bond motifs is 2. The first-order chi connectivity index (χ1) is 8.74. The van der Waals surface area contributed by atoms with Gasteiger partial charge in [-0.25, -0.2) is 0 Å². The van der Waals surface area contributed by atoms with Gasteiger partial charge in [-0.1, -0.05) is 20.3 Å². The predicted octanol–water partition coefficient (Wildman–Crippen LogP) is 1.89. The summed E-state index contributed by atoms with van der Waals surface area (Å²) in [5, 5.41) is 0. The highest BCUT2D eigenvalue weighted by Gasteiger charge is 2.34. The van der Waals surface area contributed by atoms with Gasteiger partial charge in [0.2, 0.25) is 0 Å². The molecule has 106 valence electrons. The molecule has 0 N–H and O–H groups in total. The number of likely N-dealkylation sites (N-methyl/N-ethyl adjacent to an activating group) is 1. The summed E-state index contributed by atoms with van der Waals surface area (Å²) in [6.07, 6.45) is 5.62. The summed E-state index contributed by atoms with van der Waals surface area (Å²) in [7, 11) is 2.34. The maximum absolute atomic E-state index is 2.72. The van der Waals surface area contributed by atoms with Gasteiger partial charge >= 0.3 is 0 Å². The molecule has 0 amide bonds. The zero-order valence-corrected chi connectivity index (χ0v) is 12.6. The van der Waals surface area contributed by atoms with Crippen molar-refractivity contribution in [3.63, 3.8) is 0 Å². The number of nitrogens with zero attached hydrogens (tertiary/aromatic N) is 3. The van der Waals surface area contributed by atoms with Crippen molar-refractivity contribution < 1.29 is 0 Å². The van der Waals surface area contributed by atoms with Crippen LogP contribution in [0.15, 0.2) is 0 Å². The Kier molecular flexibility index (Phi) is 5.46. The molecule has 2 aliphatic rings. The van der Waals surface area contributed by atoms with Gasteiger partial charge in [0.25, 0.3) is 0 Å². The number of hydrogen-bond acceptors (Lipinski definition) is 3. The topological polar surface area (TPSA) is 9.72 Å². The average molecular weight is 253 g/mol. The van der Waals surface area contributed by atoms with Crippen LogP contribution < -0.4 is 0 Å². The van der Waals surface area contributed by atoms with Crippen LogP contribution in [0.3, 0.4) is 0 Å². The van der Waals surface area contributed by atoms with Crippen LogP contribution in [0.25, 0.3) is 0 Å². The van der Waals surface area contributed by atoms with Crippen molar-refractivity contribution in [3.05, 3.63) is 0 Å². The minimum atomic E-state index is 0.839. The third-order valence-corrected chi connectivity index (χ3v) is 5.01. The average Bonchev–Trinajstić information content (AvgIpc) is 2.35. The highest BCUT2D eigenvalue weighted by molar-refractivity contribution is 4.91. The van der Waals surface area contributed by atoms with E-state index in [0.717, 1.165) is 12.1 Å². The van der Waals surface area contributed by atoms with Gasteiger partial charge in [-0.2, -0.15) is 0 Å². The standard InChI is InChI=1S/C15H31N3/c1-4-17(5-2)10-7-11-18-12-14-8-6-9-15(13-18)16(14)3/h14-15H,4-13H2,1-3H3. The lowest BCUT2D eigenvalue weighted by Gasteiger charge is -2.48. The lowest BCUT2D eigenvalue weighted by Crippen LogP contribution is -2.59. The van der Waals surface area contributed by atoms with Gasteiger partial charge in [0, 0.05) is 25.2 Å². The van der Waals surface area contributed by atoms with Crippen molar-refractivity contribution in [3.8, 4) is 0 Å². The maximum atomic E-state index is 2.72. The Balaban J connectivity index is 1.71. The van der Waals surface area contributed by atoms with Crippen LogP contribution in [-0.2, 0) is 0 Å². The fourth-order valence-electron chi connectivity index (χ4n) is 3.65.